The fourth-order valence-electron chi connectivity index (χ4n) is 4.85. The smallest absolute Gasteiger partial charge is 0.260 e. The highest BCUT2D eigenvalue weighted by atomic mass is 35.5. The standard InChI is InChI=1S/C25H23ClN2O3/c26-20-8-6-18(7-9-20)22-10-11-23(29)28-14-17-12-19(25(22)28)15-27(13-17)24(30)16-31-21-4-2-1-3-5-21/h1-11,17,19H,12-16H2. The molecule has 1 aromatic heterocycles. The maximum Gasteiger partial charge on any atom is 0.260 e. The first-order valence-corrected chi connectivity index (χ1v) is 10.9. The molecule has 0 N–H and O–H groups in total. The summed E-state index contributed by atoms with van der Waals surface area (Å²) in [5.41, 5.74) is 3.11. The number of fused-ring (bicyclic) bond motifs is 4. The monoisotopic (exact) mass is 434 g/mol. The van der Waals surface area contributed by atoms with Crippen molar-refractivity contribution in [3.8, 4) is 16.9 Å². The zero-order chi connectivity index (χ0) is 21.4. The van der Waals surface area contributed by atoms with Crippen molar-refractivity contribution in [3.05, 3.63) is 87.8 Å². The molecule has 1 fully saturated rings. The van der Waals surface area contributed by atoms with E-state index < -0.39 is 0 Å². The summed E-state index contributed by atoms with van der Waals surface area (Å²) in [6.07, 6.45) is 0.980. The van der Waals surface area contributed by atoms with Crippen LogP contribution >= 0.6 is 11.6 Å². The first-order chi connectivity index (χ1) is 15.1. The van der Waals surface area contributed by atoms with Crippen LogP contribution in [0.3, 0.4) is 0 Å². The van der Waals surface area contributed by atoms with E-state index >= 15 is 0 Å². The van der Waals surface area contributed by atoms with Crippen LogP contribution in [0.4, 0.5) is 0 Å². The van der Waals surface area contributed by atoms with Crippen LogP contribution in [0.1, 0.15) is 18.0 Å². The number of benzene rings is 2. The number of likely N-dealkylation sites (tertiary alicyclic amines) is 1. The maximum atomic E-state index is 12.9. The molecule has 3 aromatic rings. The van der Waals surface area contributed by atoms with Crippen LogP contribution < -0.4 is 10.3 Å². The van der Waals surface area contributed by atoms with Crippen molar-refractivity contribution < 1.29 is 9.53 Å². The molecule has 3 heterocycles. The first kappa shape index (κ1) is 19.9. The van der Waals surface area contributed by atoms with E-state index in [-0.39, 0.29) is 29.9 Å². The van der Waals surface area contributed by atoms with E-state index in [1.807, 2.05) is 70.1 Å². The third kappa shape index (κ3) is 3.98. The second-order valence-corrected chi connectivity index (χ2v) is 8.72. The Morgan fingerprint density at radius 3 is 2.52 bits per heavy atom. The molecule has 31 heavy (non-hydrogen) atoms. The van der Waals surface area contributed by atoms with Gasteiger partial charge in [-0.15, -0.1) is 0 Å². The molecule has 1 saturated heterocycles. The summed E-state index contributed by atoms with van der Waals surface area (Å²) in [6.45, 7) is 1.91. The number of nitrogens with zero attached hydrogens (tertiary/aromatic N) is 2. The molecule has 0 aliphatic carbocycles. The van der Waals surface area contributed by atoms with E-state index in [9.17, 15) is 9.59 Å². The summed E-state index contributed by atoms with van der Waals surface area (Å²) in [5.74, 6) is 1.06. The van der Waals surface area contributed by atoms with Crippen molar-refractivity contribution in [2.75, 3.05) is 19.7 Å². The Bertz CT molecular complexity index is 1160. The summed E-state index contributed by atoms with van der Waals surface area (Å²) < 4.78 is 7.58. The van der Waals surface area contributed by atoms with E-state index in [4.69, 9.17) is 16.3 Å². The third-order valence-electron chi connectivity index (χ3n) is 6.20. The van der Waals surface area contributed by atoms with Crippen LogP contribution in [-0.4, -0.2) is 35.1 Å². The Morgan fingerprint density at radius 1 is 0.968 bits per heavy atom. The fourth-order valence-corrected chi connectivity index (χ4v) is 4.97. The molecule has 6 heteroatoms. The molecule has 1 amide bonds. The molecule has 2 aromatic carbocycles. The number of rotatable bonds is 4. The lowest BCUT2D eigenvalue weighted by molar-refractivity contribution is -0.136. The Labute approximate surface area is 185 Å². The average Bonchev–Trinajstić information content (AvgIpc) is 2.79. The number of halogens is 1. The molecule has 0 radical (unpaired) electrons. The van der Waals surface area contributed by atoms with Gasteiger partial charge in [0.2, 0.25) is 0 Å². The molecular formula is C25H23ClN2O3. The lowest BCUT2D eigenvalue weighted by atomic mass is 9.80. The van der Waals surface area contributed by atoms with Gasteiger partial charge in [0.15, 0.2) is 6.61 Å². The average molecular weight is 435 g/mol. The van der Waals surface area contributed by atoms with Gasteiger partial charge in [0.05, 0.1) is 0 Å². The number of hydrogen-bond donors (Lipinski definition) is 0. The van der Waals surface area contributed by atoms with Crippen molar-refractivity contribution >= 4 is 17.5 Å². The quantitative estimate of drug-likeness (QED) is 0.618. The van der Waals surface area contributed by atoms with E-state index in [2.05, 4.69) is 0 Å². The molecule has 2 unspecified atom stereocenters. The number of para-hydroxylation sites is 1. The van der Waals surface area contributed by atoms with Crippen LogP contribution in [0.25, 0.3) is 11.1 Å². The van der Waals surface area contributed by atoms with E-state index in [0.29, 0.717) is 30.4 Å². The highest BCUT2D eigenvalue weighted by molar-refractivity contribution is 6.30. The van der Waals surface area contributed by atoms with Gasteiger partial charge in [-0.3, -0.25) is 9.59 Å². The second-order valence-electron chi connectivity index (χ2n) is 8.29. The highest BCUT2D eigenvalue weighted by Crippen LogP contribution is 2.40. The molecule has 2 atom stereocenters. The number of piperidine rings is 1. The first-order valence-electron chi connectivity index (χ1n) is 10.5. The molecular weight excluding hydrogens is 412 g/mol. The summed E-state index contributed by atoms with van der Waals surface area (Å²) in [5, 5.41) is 0.679. The normalized spacial score (nSPS) is 19.6. The van der Waals surface area contributed by atoms with Crippen LogP contribution in [0.5, 0.6) is 5.75 Å². The Kier molecular flexibility index (Phi) is 5.28. The van der Waals surface area contributed by atoms with Crippen molar-refractivity contribution in [3.63, 3.8) is 0 Å². The summed E-state index contributed by atoms with van der Waals surface area (Å²) in [6, 6.07) is 20.6. The number of pyridine rings is 1. The molecule has 5 nitrogen and oxygen atoms in total. The molecule has 0 saturated carbocycles. The zero-order valence-electron chi connectivity index (χ0n) is 17.0. The van der Waals surface area contributed by atoms with Crippen LogP contribution in [0.15, 0.2) is 71.5 Å². The Morgan fingerprint density at radius 2 is 1.74 bits per heavy atom. The number of amides is 1. The molecule has 2 bridgehead atoms. The van der Waals surface area contributed by atoms with Crippen molar-refractivity contribution in [1.82, 2.24) is 9.47 Å². The molecule has 158 valence electrons. The number of ether oxygens (including phenoxy) is 1. The van der Waals surface area contributed by atoms with Gasteiger partial charge in [0.1, 0.15) is 5.75 Å². The molecule has 0 spiro atoms. The minimum atomic E-state index is -0.0154. The number of aromatic nitrogens is 1. The van der Waals surface area contributed by atoms with Gasteiger partial charge in [0, 0.05) is 47.9 Å². The van der Waals surface area contributed by atoms with Crippen molar-refractivity contribution in [2.24, 2.45) is 5.92 Å². The van der Waals surface area contributed by atoms with Gasteiger partial charge in [-0.1, -0.05) is 41.9 Å². The number of carbonyl (C=O) groups is 1. The number of hydrogen-bond acceptors (Lipinski definition) is 3. The minimum absolute atomic E-state index is 0.0154. The van der Waals surface area contributed by atoms with Crippen molar-refractivity contribution in [2.45, 2.75) is 18.9 Å². The van der Waals surface area contributed by atoms with Crippen LogP contribution in [0.2, 0.25) is 5.02 Å². The van der Waals surface area contributed by atoms with Gasteiger partial charge in [-0.25, -0.2) is 0 Å². The van der Waals surface area contributed by atoms with E-state index in [0.717, 1.165) is 23.2 Å². The molecule has 5 rings (SSSR count). The fraction of sp³-hybridized carbons (Fsp3) is 0.280. The van der Waals surface area contributed by atoms with Gasteiger partial charge in [0.25, 0.3) is 11.5 Å². The van der Waals surface area contributed by atoms with Gasteiger partial charge < -0.3 is 14.2 Å². The summed E-state index contributed by atoms with van der Waals surface area (Å²) in [4.78, 5) is 27.4. The Balaban J connectivity index is 1.41. The topological polar surface area (TPSA) is 51.5 Å². The lowest BCUT2D eigenvalue weighted by Crippen LogP contribution is -2.50. The lowest BCUT2D eigenvalue weighted by Gasteiger charge is -2.43. The summed E-state index contributed by atoms with van der Waals surface area (Å²) in [7, 11) is 0. The SMILES string of the molecule is O=C(COc1ccccc1)N1CC2CC(C1)c1c(-c3ccc(Cl)cc3)ccc(=O)n1C2. The minimum Gasteiger partial charge on any atom is -0.484 e. The van der Waals surface area contributed by atoms with Gasteiger partial charge >= 0.3 is 0 Å². The zero-order valence-corrected chi connectivity index (χ0v) is 17.8. The van der Waals surface area contributed by atoms with Crippen LogP contribution in [-0.2, 0) is 11.3 Å². The predicted molar refractivity (Wildman–Crippen MR) is 121 cm³/mol. The van der Waals surface area contributed by atoms with Gasteiger partial charge in [-0.2, -0.15) is 0 Å². The van der Waals surface area contributed by atoms with Crippen LogP contribution in [0, 0.1) is 5.92 Å². The van der Waals surface area contributed by atoms with E-state index in [1.54, 1.807) is 6.07 Å². The highest BCUT2D eigenvalue weighted by Gasteiger charge is 2.37. The molecule has 2 aliphatic heterocycles. The van der Waals surface area contributed by atoms with E-state index in [1.165, 1.54) is 0 Å². The maximum absolute atomic E-state index is 12.9. The summed E-state index contributed by atoms with van der Waals surface area (Å²) >= 11 is 6.07. The van der Waals surface area contributed by atoms with Crippen molar-refractivity contribution in [1.29, 1.82) is 0 Å². The Hall–Kier alpha value is -3.05. The third-order valence-corrected chi connectivity index (χ3v) is 6.46. The van der Waals surface area contributed by atoms with Gasteiger partial charge in [-0.05, 0) is 48.2 Å². The second kappa shape index (κ2) is 8.23. The molecule has 2 aliphatic rings. The predicted octanol–water partition coefficient (Wildman–Crippen LogP) is 4.19. The number of carbonyl (C=O) groups excluding carboxylic acids is 1. The largest absolute Gasteiger partial charge is 0.484 e.